The topological polar surface area (TPSA) is 46.2 Å². The molecule has 3 nitrogen and oxygen atoms in total. The molecule has 2 aromatic rings. The minimum Gasteiger partial charge on any atom is -0.345 e. The number of carbonyl (C=O) groups is 1. The van der Waals surface area contributed by atoms with Gasteiger partial charge in [0.15, 0.2) is 0 Å². The van der Waals surface area contributed by atoms with Gasteiger partial charge < -0.3 is 5.32 Å². The first-order valence-corrected chi connectivity index (χ1v) is 9.97. The van der Waals surface area contributed by atoms with E-state index >= 15 is 0 Å². The van der Waals surface area contributed by atoms with Crippen LogP contribution in [0.3, 0.4) is 0 Å². The van der Waals surface area contributed by atoms with E-state index in [1.165, 1.54) is 0 Å². The molecule has 2 atom stereocenters. The molecule has 0 saturated carbocycles. The van der Waals surface area contributed by atoms with Crippen molar-refractivity contribution in [3.05, 3.63) is 69.7 Å². The molecule has 122 valence electrons. The monoisotopic (exact) mass is 393 g/mol. The maximum atomic E-state index is 12.5. The maximum Gasteiger partial charge on any atom is 0.251 e. The summed E-state index contributed by atoms with van der Waals surface area (Å²) >= 11 is 3.42. The second-order valence-corrected chi connectivity index (χ2v) is 7.75. The highest BCUT2D eigenvalue weighted by Gasteiger charge is 2.14. The molecule has 0 radical (unpaired) electrons. The quantitative estimate of drug-likeness (QED) is 0.798. The number of halogens is 1. The molecule has 2 rings (SSSR count). The number of amides is 1. The largest absolute Gasteiger partial charge is 0.345 e. The van der Waals surface area contributed by atoms with Crippen LogP contribution in [0.2, 0.25) is 0 Å². The molecule has 0 heterocycles. The molecular formula is C18H20BrNO2S. The number of hydrogen-bond donors (Lipinski definition) is 1. The Morgan fingerprint density at radius 2 is 1.91 bits per heavy atom. The Hall–Kier alpha value is -1.46. The lowest BCUT2D eigenvalue weighted by Gasteiger charge is -2.18. The molecule has 0 spiro atoms. The Labute approximate surface area is 148 Å². The molecule has 1 N–H and O–H groups in total. The molecule has 2 unspecified atom stereocenters. The van der Waals surface area contributed by atoms with Crippen molar-refractivity contribution in [3.8, 4) is 0 Å². The third kappa shape index (κ3) is 5.29. The number of hydrogen-bond acceptors (Lipinski definition) is 2. The molecular weight excluding hydrogens is 374 g/mol. The van der Waals surface area contributed by atoms with Gasteiger partial charge in [0, 0.05) is 32.8 Å². The SMILES string of the molecule is CCC(NC(=O)c1cccc(CS(C)=O)c1)c1ccc(Br)cc1. The summed E-state index contributed by atoms with van der Waals surface area (Å²) in [5, 5.41) is 3.07. The van der Waals surface area contributed by atoms with Crippen molar-refractivity contribution in [2.75, 3.05) is 6.26 Å². The van der Waals surface area contributed by atoms with E-state index in [0.29, 0.717) is 11.3 Å². The van der Waals surface area contributed by atoms with Gasteiger partial charge in [0.05, 0.1) is 6.04 Å². The van der Waals surface area contributed by atoms with Gasteiger partial charge in [-0.25, -0.2) is 0 Å². The van der Waals surface area contributed by atoms with Gasteiger partial charge in [0.25, 0.3) is 5.91 Å². The Morgan fingerprint density at radius 3 is 2.52 bits per heavy atom. The van der Waals surface area contributed by atoms with Crippen LogP contribution in [0.15, 0.2) is 53.0 Å². The third-order valence-electron chi connectivity index (χ3n) is 3.55. The molecule has 23 heavy (non-hydrogen) atoms. The molecule has 0 aliphatic carbocycles. The van der Waals surface area contributed by atoms with Gasteiger partial charge >= 0.3 is 0 Å². The summed E-state index contributed by atoms with van der Waals surface area (Å²) in [5.41, 5.74) is 2.59. The zero-order chi connectivity index (χ0) is 16.8. The fourth-order valence-electron chi connectivity index (χ4n) is 2.39. The van der Waals surface area contributed by atoms with Gasteiger partial charge in [0.2, 0.25) is 0 Å². The number of carbonyl (C=O) groups excluding carboxylic acids is 1. The summed E-state index contributed by atoms with van der Waals surface area (Å²) in [6, 6.07) is 15.3. The first kappa shape index (κ1) is 17.9. The summed E-state index contributed by atoms with van der Waals surface area (Å²) in [5.74, 6) is 0.355. The Bertz CT molecular complexity index is 700. The van der Waals surface area contributed by atoms with Crippen LogP contribution in [-0.2, 0) is 16.6 Å². The van der Waals surface area contributed by atoms with Crippen molar-refractivity contribution in [1.82, 2.24) is 5.32 Å². The summed E-state index contributed by atoms with van der Waals surface area (Å²) < 4.78 is 12.4. The highest BCUT2D eigenvalue weighted by Crippen LogP contribution is 2.20. The lowest BCUT2D eigenvalue weighted by Crippen LogP contribution is -2.28. The minimum atomic E-state index is -0.919. The summed E-state index contributed by atoms with van der Waals surface area (Å²) in [7, 11) is -0.919. The molecule has 0 aromatic heterocycles. The Balaban J connectivity index is 2.13. The smallest absolute Gasteiger partial charge is 0.251 e. The minimum absolute atomic E-state index is 0.0282. The Morgan fingerprint density at radius 1 is 1.22 bits per heavy atom. The predicted molar refractivity (Wildman–Crippen MR) is 98.9 cm³/mol. The zero-order valence-electron chi connectivity index (χ0n) is 13.2. The highest BCUT2D eigenvalue weighted by atomic mass is 79.9. The van der Waals surface area contributed by atoms with Gasteiger partial charge in [-0.2, -0.15) is 0 Å². The van der Waals surface area contributed by atoms with Crippen molar-refractivity contribution in [1.29, 1.82) is 0 Å². The normalized spacial score (nSPS) is 13.3. The summed E-state index contributed by atoms with van der Waals surface area (Å²) in [6.45, 7) is 2.05. The predicted octanol–water partition coefficient (Wildman–Crippen LogP) is 4.21. The van der Waals surface area contributed by atoms with Gasteiger partial charge in [-0.3, -0.25) is 9.00 Å². The van der Waals surface area contributed by atoms with Crippen LogP contribution in [0.1, 0.15) is 40.9 Å². The van der Waals surface area contributed by atoms with Crippen molar-refractivity contribution in [3.63, 3.8) is 0 Å². The number of benzene rings is 2. The third-order valence-corrected chi connectivity index (χ3v) is 4.81. The van der Waals surface area contributed by atoms with Crippen molar-refractivity contribution >= 4 is 32.6 Å². The van der Waals surface area contributed by atoms with Crippen LogP contribution in [-0.4, -0.2) is 16.4 Å². The van der Waals surface area contributed by atoms with Crippen molar-refractivity contribution in [2.45, 2.75) is 25.1 Å². The molecule has 0 aliphatic rings. The average molecular weight is 394 g/mol. The average Bonchev–Trinajstić information content (AvgIpc) is 2.53. The van der Waals surface area contributed by atoms with E-state index in [1.54, 1.807) is 12.3 Å². The van der Waals surface area contributed by atoms with Gasteiger partial charge in [-0.05, 0) is 41.8 Å². The zero-order valence-corrected chi connectivity index (χ0v) is 15.6. The lowest BCUT2D eigenvalue weighted by molar-refractivity contribution is 0.0935. The molecule has 5 heteroatoms. The van der Waals surface area contributed by atoms with Crippen LogP contribution in [0.5, 0.6) is 0 Å². The van der Waals surface area contributed by atoms with Crippen molar-refractivity contribution < 1.29 is 9.00 Å². The van der Waals surface area contributed by atoms with Crippen molar-refractivity contribution in [2.24, 2.45) is 0 Å². The molecule has 0 bridgehead atoms. The lowest BCUT2D eigenvalue weighted by atomic mass is 10.0. The molecule has 2 aromatic carbocycles. The van der Waals surface area contributed by atoms with Gasteiger partial charge in [-0.1, -0.05) is 47.1 Å². The number of rotatable bonds is 6. The maximum absolute atomic E-state index is 12.5. The van der Waals surface area contributed by atoms with E-state index in [9.17, 15) is 9.00 Å². The molecule has 0 fully saturated rings. The molecule has 0 saturated heterocycles. The van der Waals surface area contributed by atoms with Crippen LogP contribution in [0.25, 0.3) is 0 Å². The first-order valence-electron chi connectivity index (χ1n) is 7.45. The van der Waals surface area contributed by atoms with Crippen LogP contribution < -0.4 is 5.32 Å². The molecule has 1 amide bonds. The van der Waals surface area contributed by atoms with Gasteiger partial charge in [0.1, 0.15) is 0 Å². The van der Waals surface area contributed by atoms with Crippen LogP contribution in [0.4, 0.5) is 0 Å². The molecule has 0 aliphatic heterocycles. The van der Waals surface area contributed by atoms with E-state index in [4.69, 9.17) is 0 Å². The number of nitrogens with one attached hydrogen (secondary N) is 1. The van der Waals surface area contributed by atoms with Crippen LogP contribution in [0, 0.1) is 0 Å². The Kier molecular flexibility index (Phi) is 6.54. The first-order chi connectivity index (χ1) is 11.0. The van der Waals surface area contributed by atoms with E-state index < -0.39 is 10.8 Å². The second-order valence-electron chi connectivity index (χ2n) is 5.40. The van der Waals surface area contributed by atoms with Crippen LogP contribution >= 0.6 is 15.9 Å². The van der Waals surface area contributed by atoms with E-state index in [1.807, 2.05) is 49.4 Å². The summed E-state index contributed by atoms with van der Waals surface area (Å²) in [6.07, 6.45) is 2.47. The van der Waals surface area contributed by atoms with E-state index in [2.05, 4.69) is 21.2 Å². The summed E-state index contributed by atoms with van der Waals surface area (Å²) in [4.78, 5) is 12.5. The van der Waals surface area contributed by atoms with Gasteiger partial charge in [-0.15, -0.1) is 0 Å². The highest BCUT2D eigenvalue weighted by molar-refractivity contribution is 9.10. The fourth-order valence-corrected chi connectivity index (χ4v) is 3.31. The fraction of sp³-hybridized carbons (Fsp3) is 0.278. The van der Waals surface area contributed by atoms with E-state index in [0.717, 1.165) is 22.0 Å². The van der Waals surface area contributed by atoms with E-state index in [-0.39, 0.29) is 11.9 Å². The second kappa shape index (κ2) is 8.41. The standard InChI is InChI=1S/C18H20BrNO2S/c1-3-17(14-7-9-16(19)10-8-14)20-18(21)15-6-4-5-13(11-15)12-23(2)22/h4-11,17H,3,12H2,1-2H3,(H,20,21).